The molecule has 3 rings (SSSR count). The number of rotatable bonds is 5. The summed E-state index contributed by atoms with van der Waals surface area (Å²) in [5.41, 5.74) is 2.51. The molecule has 3 aromatic rings. The molecule has 0 bridgehead atoms. The Labute approximate surface area is 118 Å². The molecule has 102 valence electrons. The minimum atomic E-state index is 0.702. The standard InChI is InChI=1S/C17H18N2O/c1-2-20-16-5-6-17-15(12-16)8-11-19(17)10-7-14-4-3-9-18-13-14/h3-6,8-9,11-13H,2,7,10H2,1H3. The van der Waals surface area contributed by atoms with Gasteiger partial charge in [-0.15, -0.1) is 0 Å². The molecule has 0 aliphatic rings. The van der Waals surface area contributed by atoms with E-state index in [2.05, 4.69) is 40.0 Å². The number of pyridine rings is 1. The van der Waals surface area contributed by atoms with E-state index in [1.54, 1.807) is 0 Å². The molecular weight excluding hydrogens is 248 g/mol. The predicted octanol–water partition coefficient (Wildman–Crippen LogP) is 3.68. The second-order valence-electron chi connectivity index (χ2n) is 4.77. The van der Waals surface area contributed by atoms with Crippen LogP contribution in [-0.2, 0) is 13.0 Å². The van der Waals surface area contributed by atoms with Crippen molar-refractivity contribution in [1.29, 1.82) is 0 Å². The molecule has 0 amide bonds. The largest absolute Gasteiger partial charge is 0.494 e. The van der Waals surface area contributed by atoms with Crippen LogP contribution in [0.2, 0.25) is 0 Å². The van der Waals surface area contributed by atoms with Gasteiger partial charge < -0.3 is 9.30 Å². The molecule has 0 saturated heterocycles. The highest BCUT2D eigenvalue weighted by atomic mass is 16.5. The van der Waals surface area contributed by atoms with Gasteiger partial charge in [0.05, 0.1) is 6.61 Å². The first-order chi connectivity index (χ1) is 9.86. The van der Waals surface area contributed by atoms with Crippen LogP contribution >= 0.6 is 0 Å². The van der Waals surface area contributed by atoms with Crippen LogP contribution < -0.4 is 4.74 Å². The minimum absolute atomic E-state index is 0.702. The molecule has 0 radical (unpaired) electrons. The second kappa shape index (κ2) is 5.78. The quantitative estimate of drug-likeness (QED) is 0.704. The number of ether oxygens (including phenoxy) is 1. The SMILES string of the molecule is CCOc1ccc2c(ccn2CCc2cccnc2)c1. The normalized spacial score (nSPS) is 10.8. The highest BCUT2D eigenvalue weighted by Gasteiger charge is 2.03. The number of benzene rings is 1. The second-order valence-corrected chi connectivity index (χ2v) is 4.77. The molecule has 3 nitrogen and oxygen atoms in total. The van der Waals surface area contributed by atoms with Crippen LogP contribution in [0.4, 0.5) is 0 Å². The van der Waals surface area contributed by atoms with E-state index in [0.717, 1.165) is 18.7 Å². The van der Waals surface area contributed by atoms with E-state index < -0.39 is 0 Å². The Balaban J connectivity index is 1.78. The predicted molar refractivity (Wildman–Crippen MR) is 81.0 cm³/mol. The van der Waals surface area contributed by atoms with E-state index in [-0.39, 0.29) is 0 Å². The zero-order valence-electron chi connectivity index (χ0n) is 11.6. The van der Waals surface area contributed by atoms with E-state index in [9.17, 15) is 0 Å². The van der Waals surface area contributed by atoms with Crippen LogP contribution in [0.15, 0.2) is 55.0 Å². The van der Waals surface area contributed by atoms with Crippen molar-refractivity contribution in [2.75, 3.05) is 6.61 Å². The molecule has 0 saturated carbocycles. The fourth-order valence-electron chi connectivity index (χ4n) is 2.43. The highest BCUT2D eigenvalue weighted by molar-refractivity contribution is 5.81. The fourth-order valence-corrected chi connectivity index (χ4v) is 2.43. The van der Waals surface area contributed by atoms with E-state index >= 15 is 0 Å². The van der Waals surface area contributed by atoms with Gasteiger partial charge in [0.2, 0.25) is 0 Å². The molecular formula is C17H18N2O. The zero-order chi connectivity index (χ0) is 13.8. The van der Waals surface area contributed by atoms with Crippen LogP contribution in [0.1, 0.15) is 12.5 Å². The molecule has 0 atom stereocenters. The number of hydrogen-bond donors (Lipinski definition) is 0. The number of nitrogens with zero attached hydrogens (tertiary/aromatic N) is 2. The first-order valence-corrected chi connectivity index (χ1v) is 6.97. The summed E-state index contributed by atoms with van der Waals surface area (Å²) < 4.78 is 7.81. The monoisotopic (exact) mass is 266 g/mol. The Kier molecular flexibility index (Phi) is 3.68. The van der Waals surface area contributed by atoms with Gasteiger partial charge in [0.15, 0.2) is 0 Å². The fraction of sp³-hybridized carbons (Fsp3) is 0.235. The van der Waals surface area contributed by atoms with Gasteiger partial charge in [0, 0.05) is 36.0 Å². The Morgan fingerprint density at radius 1 is 1.20 bits per heavy atom. The summed E-state index contributed by atoms with van der Waals surface area (Å²) in [5.74, 6) is 0.935. The number of aryl methyl sites for hydroxylation is 2. The minimum Gasteiger partial charge on any atom is -0.494 e. The third kappa shape index (κ3) is 2.67. The summed E-state index contributed by atoms with van der Waals surface area (Å²) in [7, 11) is 0. The van der Waals surface area contributed by atoms with Crippen LogP contribution in [0.25, 0.3) is 10.9 Å². The summed E-state index contributed by atoms with van der Waals surface area (Å²) >= 11 is 0. The van der Waals surface area contributed by atoms with Gasteiger partial charge in [0.25, 0.3) is 0 Å². The van der Waals surface area contributed by atoms with Crippen LogP contribution in [0.5, 0.6) is 5.75 Å². The zero-order valence-corrected chi connectivity index (χ0v) is 11.6. The van der Waals surface area contributed by atoms with Crippen molar-refractivity contribution in [3.8, 4) is 5.75 Å². The summed E-state index contributed by atoms with van der Waals surface area (Å²) in [6, 6.07) is 12.5. The van der Waals surface area contributed by atoms with Gasteiger partial charge in [0.1, 0.15) is 5.75 Å². The van der Waals surface area contributed by atoms with Crippen LogP contribution in [0.3, 0.4) is 0 Å². The highest BCUT2D eigenvalue weighted by Crippen LogP contribution is 2.22. The van der Waals surface area contributed by atoms with E-state index in [0.29, 0.717) is 6.61 Å². The molecule has 2 aromatic heterocycles. The van der Waals surface area contributed by atoms with E-state index in [1.165, 1.54) is 16.5 Å². The van der Waals surface area contributed by atoms with E-state index in [1.807, 2.05) is 31.5 Å². The topological polar surface area (TPSA) is 27.1 Å². The summed E-state index contributed by atoms with van der Waals surface area (Å²) in [5, 5.41) is 1.22. The average Bonchev–Trinajstić information content (AvgIpc) is 2.89. The number of aromatic nitrogens is 2. The lowest BCUT2D eigenvalue weighted by Gasteiger charge is -2.07. The summed E-state index contributed by atoms with van der Waals surface area (Å²) in [6.07, 6.45) is 6.87. The molecule has 0 fully saturated rings. The van der Waals surface area contributed by atoms with Crippen molar-refractivity contribution in [3.05, 3.63) is 60.6 Å². The number of fused-ring (bicyclic) bond motifs is 1. The first kappa shape index (κ1) is 12.7. The Morgan fingerprint density at radius 2 is 2.15 bits per heavy atom. The Hall–Kier alpha value is -2.29. The lowest BCUT2D eigenvalue weighted by Crippen LogP contribution is -2.00. The van der Waals surface area contributed by atoms with Crippen molar-refractivity contribution < 1.29 is 4.74 Å². The van der Waals surface area contributed by atoms with Crippen molar-refractivity contribution in [1.82, 2.24) is 9.55 Å². The van der Waals surface area contributed by atoms with Crippen molar-refractivity contribution in [3.63, 3.8) is 0 Å². The van der Waals surface area contributed by atoms with Gasteiger partial charge in [-0.3, -0.25) is 4.98 Å². The molecule has 0 aliphatic heterocycles. The van der Waals surface area contributed by atoms with Gasteiger partial charge in [-0.25, -0.2) is 0 Å². The maximum atomic E-state index is 5.53. The van der Waals surface area contributed by atoms with Gasteiger partial charge >= 0.3 is 0 Å². The van der Waals surface area contributed by atoms with Gasteiger partial charge in [-0.1, -0.05) is 6.07 Å². The third-order valence-electron chi connectivity index (χ3n) is 3.42. The Morgan fingerprint density at radius 3 is 2.95 bits per heavy atom. The van der Waals surface area contributed by atoms with Gasteiger partial charge in [-0.05, 0) is 49.2 Å². The molecule has 1 aromatic carbocycles. The molecule has 2 heterocycles. The maximum Gasteiger partial charge on any atom is 0.120 e. The van der Waals surface area contributed by atoms with Crippen molar-refractivity contribution in [2.45, 2.75) is 19.9 Å². The lowest BCUT2D eigenvalue weighted by atomic mass is 10.2. The van der Waals surface area contributed by atoms with Crippen molar-refractivity contribution >= 4 is 10.9 Å². The van der Waals surface area contributed by atoms with Crippen LogP contribution in [-0.4, -0.2) is 16.2 Å². The number of hydrogen-bond acceptors (Lipinski definition) is 2. The molecule has 0 spiro atoms. The third-order valence-corrected chi connectivity index (χ3v) is 3.42. The maximum absolute atomic E-state index is 5.53. The van der Waals surface area contributed by atoms with E-state index in [4.69, 9.17) is 4.74 Å². The molecule has 20 heavy (non-hydrogen) atoms. The molecule has 3 heteroatoms. The summed E-state index contributed by atoms with van der Waals surface area (Å²) in [6.45, 7) is 3.67. The lowest BCUT2D eigenvalue weighted by molar-refractivity contribution is 0.340. The molecule has 0 aliphatic carbocycles. The van der Waals surface area contributed by atoms with Crippen molar-refractivity contribution in [2.24, 2.45) is 0 Å². The Bertz CT molecular complexity index is 689. The summed E-state index contributed by atoms with van der Waals surface area (Å²) in [4.78, 5) is 4.15. The molecule has 0 unspecified atom stereocenters. The first-order valence-electron chi connectivity index (χ1n) is 6.97. The van der Waals surface area contributed by atoms with Crippen LogP contribution in [0, 0.1) is 0 Å². The van der Waals surface area contributed by atoms with Gasteiger partial charge in [-0.2, -0.15) is 0 Å². The average molecular weight is 266 g/mol. The smallest absolute Gasteiger partial charge is 0.120 e. The molecule has 0 N–H and O–H groups in total.